The molecule has 0 fully saturated rings. The van der Waals surface area contributed by atoms with Crippen LogP contribution in [-0.4, -0.2) is 16.7 Å². The normalized spacial score (nSPS) is 11.5. The molecule has 15 heavy (non-hydrogen) atoms. The standard InChI is InChI=1S/C11H11NO3/c13-6-2-1-3-8-4-5-9-10(7-8)15-11(14)12-9/h1,3-5,7,13H,2,6H2,(H,12,14). The minimum atomic E-state index is -0.443. The molecule has 0 amide bonds. The van der Waals surface area contributed by atoms with Gasteiger partial charge in [-0.3, -0.25) is 4.98 Å². The summed E-state index contributed by atoms with van der Waals surface area (Å²) < 4.78 is 4.92. The number of benzene rings is 1. The number of nitrogens with one attached hydrogen (secondary N) is 1. The molecule has 0 unspecified atom stereocenters. The molecule has 0 aliphatic rings. The molecule has 0 bridgehead atoms. The maximum Gasteiger partial charge on any atom is 0.417 e. The van der Waals surface area contributed by atoms with Gasteiger partial charge in [0.25, 0.3) is 0 Å². The third-order valence-electron chi connectivity index (χ3n) is 2.05. The van der Waals surface area contributed by atoms with Crippen LogP contribution >= 0.6 is 0 Å². The van der Waals surface area contributed by atoms with Gasteiger partial charge in [0, 0.05) is 6.61 Å². The van der Waals surface area contributed by atoms with Crippen LogP contribution in [0, 0.1) is 0 Å². The van der Waals surface area contributed by atoms with Crippen LogP contribution in [0.5, 0.6) is 0 Å². The van der Waals surface area contributed by atoms with Gasteiger partial charge in [-0.05, 0) is 24.1 Å². The van der Waals surface area contributed by atoms with E-state index >= 15 is 0 Å². The highest BCUT2D eigenvalue weighted by atomic mass is 16.4. The monoisotopic (exact) mass is 205 g/mol. The van der Waals surface area contributed by atoms with Crippen LogP contribution in [0.15, 0.2) is 33.5 Å². The van der Waals surface area contributed by atoms with Crippen LogP contribution in [0.2, 0.25) is 0 Å². The fourth-order valence-corrected chi connectivity index (χ4v) is 1.36. The Bertz CT molecular complexity index is 536. The molecule has 1 aromatic carbocycles. The fraction of sp³-hybridized carbons (Fsp3) is 0.182. The summed E-state index contributed by atoms with van der Waals surface area (Å²) in [5, 5.41) is 8.60. The molecule has 0 saturated carbocycles. The summed E-state index contributed by atoms with van der Waals surface area (Å²) in [4.78, 5) is 13.5. The Morgan fingerprint density at radius 3 is 3.13 bits per heavy atom. The second-order valence-electron chi connectivity index (χ2n) is 3.18. The van der Waals surface area contributed by atoms with Crippen LogP contribution in [0.4, 0.5) is 0 Å². The molecule has 2 aromatic rings. The first-order chi connectivity index (χ1) is 7.29. The maximum atomic E-state index is 10.9. The summed E-state index contributed by atoms with van der Waals surface area (Å²) in [5.41, 5.74) is 2.18. The van der Waals surface area contributed by atoms with Gasteiger partial charge in [-0.15, -0.1) is 0 Å². The van der Waals surface area contributed by atoms with E-state index in [1.165, 1.54) is 0 Å². The van der Waals surface area contributed by atoms with Crippen molar-refractivity contribution in [3.05, 3.63) is 40.4 Å². The number of rotatable bonds is 3. The van der Waals surface area contributed by atoms with Crippen molar-refractivity contribution in [1.82, 2.24) is 4.98 Å². The Balaban J connectivity index is 2.34. The second kappa shape index (κ2) is 4.14. The Kier molecular flexibility index (Phi) is 2.69. The van der Waals surface area contributed by atoms with Crippen LogP contribution in [0.25, 0.3) is 17.2 Å². The minimum Gasteiger partial charge on any atom is -0.408 e. The number of aliphatic hydroxyl groups excluding tert-OH is 1. The lowest BCUT2D eigenvalue weighted by atomic mass is 10.2. The van der Waals surface area contributed by atoms with Gasteiger partial charge in [0.15, 0.2) is 5.58 Å². The van der Waals surface area contributed by atoms with Crippen molar-refractivity contribution in [1.29, 1.82) is 0 Å². The van der Waals surface area contributed by atoms with Crippen molar-refractivity contribution >= 4 is 17.2 Å². The van der Waals surface area contributed by atoms with Crippen LogP contribution in [-0.2, 0) is 0 Å². The molecule has 2 N–H and O–H groups in total. The van der Waals surface area contributed by atoms with E-state index in [0.717, 1.165) is 5.56 Å². The molecular weight excluding hydrogens is 194 g/mol. The van der Waals surface area contributed by atoms with Crippen molar-refractivity contribution in [3.63, 3.8) is 0 Å². The van der Waals surface area contributed by atoms with Crippen LogP contribution < -0.4 is 5.76 Å². The number of aliphatic hydroxyl groups is 1. The summed E-state index contributed by atoms with van der Waals surface area (Å²) in [6.07, 6.45) is 4.36. The van der Waals surface area contributed by atoms with E-state index in [9.17, 15) is 4.79 Å². The van der Waals surface area contributed by atoms with E-state index in [-0.39, 0.29) is 6.61 Å². The number of hydrogen-bond donors (Lipinski definition) is 2. The summed E-state index contributed by atoms with van der Waals surface area (Å²) in [5.74, 6) is -0.443. The zero-order chi connectivity index (χ0) is 10.7. The minimum absolute atomic E-state index is 0.137. The van der Waals surface area contributed by atoms with Gasteiger partial charge in [0.2, 0.25) is 0 Å². The van der Waals surface area contributed by atoms with Gasteiger partial charge in [0.1, 0.15) is 0 Å². The van der Waals surface area contributed by atoms with Gasteiger partial charge < -0.3 is 9.52 Å². The third-order valence-corrected chi connectivity index (χ3v) is 2.05. The summed E-state index contributed by atoms with van der Waals surface area (Å²) in [6.45, 7) is 0.137. The predicted molar refractivity (Wildman–Crippen MR) is 57.6 cm³/mol. The van der Waals surface area contributed by atoms with E-state index in [4.69, 9.17) is 9.52 Å². The van der Waals surface area contributed by atoms with E-state index in [0.29, 0.717) is 17.5 Å². The van der Waals surface area contributed by atoms with Crippen molar-refractivity contribution in [3.8, 4) is 0 Å². The van der Waals surface area contributed by atoms with Crippen molar-refractivity contribution in [2.24, 2.45) is 0 Å². The molecule has 0 aliphatic carbocycles. The molecule has 0 atom stereocenters. The summed E-state index contributed by atoms with van der Waals surface area (Å²) >= 11 is 0. The Morgan fingerprint density at radius 2 is 2.33 bits per heavy atom. The first kappa shape index (κ1) is 9.73. The average molecular weight is 205 g/mol. The smallest absolute Gasteiger partial charge is 0.408 e. The van der Waals surface area contributed by atoms with E-state index in [1.807, 2.05) is 18.2 Å². The lowest BCUT2D eigenvalue weighted by Gasteiger charge is -1.92. The lowest BCUT2D eigenvalue weighted by molar-refractivity contribution is 0.303. The maximum absolute atomic E-state index is 10.9. The molecule has 2 rings (SSSR count). The average Bonchev–Trinajstić information content (AvgIpc) is 2.57. The highest BCUT2D eigenvalue weighted by Gasteiger charge is 1.99. The van der Waals surface area contributed by atoms with Crippen molar-refractivity contribution in [2.45, 2.75) is 6.42 Å². The number of fused-ring (bicyclic) bond motifs is 1. The molecule has 0 saturated heterocycles. The topological polar surface area (TPSA) is 66.2 Å². The summed E-state index contributed by atoms with van der Waals surface area (Å²) in [7, 11) is 0. The van der Waals surface area contributed by atoms with E-state index in [2.05, 4.69) is 4.98 Å². The molecule has 78 valence electrons. The number of aromatic amines is 1. The summed E-state index contributed by atoms with van der Waals surface area (Å²) in [6, 6.07) is 5.45. The third kappa shape index (κ3) is 2.16. The largest absolute Gasteiger partial charge is 0.417 e. The highest BCUT2D eigenvalue weighted by molar-refractivity contribution is 5.75. The molecule has 1 aromatic heterocycles. The zero-order valence-electron chi connectivity index (χ0n) is 8.06. The number of oxazole rings is 1. The predicted octanol–water partition coefficient (Wildman–Crippen LogP) is 1.52. The Labute approximate surface area is 85.9 Å². The molecule has 0 radical (unpaired) electrons. The molecular formula is C11H11NO3. The van der Waals surface area contributed by atoms with E-state index < -0.39 is 5.76 Å². The lowest BCUT2D eigenvalue weighted by Crippen LogP contribution is -1.92. The quantitative estimate of drug-likeness (QED) is 0.798. The van der Waals surface area contributed by atoms with Crippen LogP contribution in [0.1, 0.15) is 12.0 Å². The molecule has 0 aliphatic heterocycles. The van der Waals surface area contributed by atoms with Gasteiger partial charge in [-0.1, -0.05) is 18.2 Å². The second-order valence-corrected chi connectivity index (χ2v) is 3.18. The van der Waals surface area contributed by atoms with Gasteiger partial charge in [-0.25, -0.2) is 4.79 Å². The fourth-order valence-electron chi connectivity index (χ4n) is 1.36. The number of hydrogen-bond acceptors (Lipinski definition) is 3. The Morgan fingerprint density at radius 1 is 1.47 bits per heavy atom. The molecule has 1 heterocycles. The van der Waals surface area contributed by atoms with Gasteiger partial charge >= 0.3 is 5.76 Å². The zero-order valence-corrected chi connectivity index (χ0v) is 8.06. The van der Waals surface area contributed by atoms with E-state index in [1.54, 1.807) is 12.1 Å². The number of H-pyrrole nitrogens is 1. The van der Waals surface area contributed by atoms with Gasteiger partial charge in [0.05, 0.1) is 5.52 Å². The van der Waals surface area contributed by atoms with Crippen molar-refractivity contribution in [2.75, 3.05) is 6.61 Å². The SMILES string of the molecule is O=c1[nH]c2ccc(C=CCCO)cc2o1. The van der Waals surface area contributed by atoms with Gasteiger partial charge in [-0.2, -0.15) is 0 Å². The molecule has 4 nitrogen and oxygen atoms in total. The van der Waals surface area contributed by atoms with Crippen LogP contribution in [0.3, 0.4) is 0 Å². The molecule has 0 spiro atoms. The first-order valence-corrected chi connectivity index (χ1v) is 4.70. The number of aromatic nitrogens is 1. The van der Waals surface area contributed by atoms with Crippen molar-refractivity contribution < 1.29 is 9.52 Å². The first-order valence-electron chi connectivity index (χ1n) is 4.70. The highest BCUT2D eigenvalue weighted by Crippen LogP contribution is 2.13. The Hall–Kier alpha value is -1.81. The molecule has 4 heteroatoms.